The molecule has 31 heavy (non-hydrogen) atoms. The van der Waals surface area contributed by atoms with Crippen molar-refractivity contribution in [1.29, 1.82) is 0 Å². The zero-order valence-electron chi connectivity index (χ0n) is 16.0. The average Bonchev–Trinajstić information content (AvgIpc) is 3.34. The first-order valence-corrected chi connectivity index (χ1v) is 10.8. The molecule has 0 bridgehead atoms. The van der Waals surface area contributed by atoms with E-state index in [9.17, 15) is 13.6 Å². The Kier molecular flexibility index (Phi) is 5.03. The van der Waals surface area contributed by atoms with Crippen LogP contribution >= 0.6 is 22.9 Å². The number of carbonyl (C=O) groups is 1. The standard InChI is InChI=1S/C22H15ClF2N4OS/c23-22-26-9-10-29(22)13-8-7-12-3-1-6-17-19(14(12)11-13)31-21(27-17)20(30)28-18-15(24)4-2-5-16(18)25/h2,4-5,7-11H,1,3,6H2,(H,28,30). The molecular formula is C22H15ClF2N4OS. The minimum absolute atomic E-state index is 0.159. The predicted molar refractivity (Wildman–Crippen MR) is 116 cm³/mol. The first-order chi connectivity index (χ1) is 15.0. The van der Waals surface area contributed by atoms with Crippen LogP contribution < -0.4 is 5.32 Å². The van der Waals surface area contributed by atoms with Gasteiger partial charge in [-0.15, -0.1) is 11.3 Å². The number of halogens is 3. The van der Waals surface area contributed by atoms with Gasteiger partial charge >= 0.3 is 0 Å². The number of imidazole rings is 1. The number of aryl methyl sites for hydroxylation is 2. The van der Waals surface area contributed by atoms with Crippen molar-refractivity contribution >= 4 is 34.5 Å². The summed E-state index contributed by atoms with van der Waals surface area (Å²) in [6.45, 7) is 0. The summed E-state index contributed by atoms with van der Waals surface area (Å²) in [6.07, 6.45) is 5.88. The molecule has 1 N–H and O–H groups in total. The smallest absolute Gasteiger partial charge is 0.284 e. The Morgan fingerprint density at radius 2 is 1.97 bits per heavy atom. The van der Waals surface area contributed by atoms with Crippen molar-refractivity contribution in [1.82, 2.24) is 14.5 Å². The van der Waals surface area contributed by atoms with E-state index in [1.807, 2.05) is 18.2 Å². The molecule has 0 saturated carbocycles. The quantitative estimate of drug-likeness (QED) is 0.432. The highest BCUT2D eigenvalue weighted by Gasteiger charge is 2.24. The van der Waals surface area contributed by atoms with Gasteiger partial charge in [0.2, 0.25) is 5.28 Å². The van der Waals surface area contributed by atoms with Gasteiger partial charge in [0.05, 0.1) is 10.6 Å². The fourth-order valence-electron chi connectivity index (χ4n) is 3.68. The van der Waals surface area contributed by atoms with Crippen molar-refractivity contribution in [3.63, 3.8) is 0 Å². The SMILES string of the molecule is O=C(Nc1c(F)cccc1F)c1nc2c(s1)-c1cc(-n3ccnc3Cl)ccc1CCC2. The van der Waals surface area contributed by atoms with Gasteiger partial charge in [-0.2, -0.15) is 0 Å². The molecule has 0 unspecified atom stereocenters. The lowest BCUT2D eigenvalue weighted by atomic mass is 10.0. The van der Waals surface area contributed by atoms with Crippen LogP contribution in [0.2, 0.25) is 5.28 Å². The van der Waals surface area contributed by atoms with Crippen molar-refractivity contribution in [3.05, 3.63) is 82.0 Å². The molecule has 1 amide bonds. The van der Waals surface area contributed by atoms with Crippen molar-refractivity contribution in [2.45, 2.75) is 19.3 Å². The monoisotopic (exact) mass is 456 g/mol. The number of aromatic nitrogens is 3. The lowest BCUT2D eigenvalue weighted by molar-refractivity contribution is 0.102. The highest BCUT2D eigenvalue weighted by atomic mass is 35.5. The lowest BCUT2D eigenvalue weighted by Crippen LogP contribution is -2.14. The van der Waals surface area contributed by atoms with Crippen LogP contribution in [0.25, 0.3) is 16.1 Å². The summed E-state index contributed by atoms with van der Waals surface area (Å²) in [4.78, 5) is 22.1. The number of thiazole rings is 1. The van der Waals surface area contributed by atoms with Gasteiger partial charge in [-0.05, 0) is 66.3 Å². The predicted octanol–water partition coefficient (Wildman–Crippen LogP) is 5.67. The van der Waals surface area contributed by atoms with Crippen molar-refractivity contribution < 1.29 is 13.6 Å². The van der Waals surface area contributed by atoms with Gasteiger partial charge in [0.25, 0.3) is 5.91 Å². The van der Waals surface area contributed by atoms with Crippen molar-refractivity contribution in [2.24, 2.45) is 0 Å². The molecule has 5 rings (SSSR count). The topological polar surface area (TPSA) is 59.8 Å². The third-order valence-electron chi connectivity index (χ3n) is 5.16. The van der Waals surface area contributed by atoms with Crippen molar-refractivity contribution in [3.8, 4) is 16.1 Å². The van der Waals surface area contributed by atoms with Gasteiger partial charge in [0, 0.05) is 18.1 Å². The summed E-state index contributed by atoms with van der Waals surface area (Å²) < 4.78 is 29.6. The molecule has 1 aliphatic carbocycles. The van der Waals surface area contributed by atoms with E-state index in [0.717, 1.165) is 52.4 Å². The molecule has 4 aromatic rings. The van der Waals surface area contributed by atoms with E-state index in [0.29, 0.717) is 11.7 Å². The molecule has 2 heterocycles. The maximum atomic E-state index is 13.9. The van der Waals surface area contributed by atoms with E-state index in [1.54, 1.807) is 17.0 Å². The van der Waals surface area contributed by atoms with Crippen LogP contribution in [0.5, 0.6) is 0 Å². The Balaban J connectivity index is 1.53. The number of amides is 1. The van der Waals surface area contributed by atoms with E-state index in [1.165, 1.54) is 17.4 Å². The van der Waals surface area contributed by atoms with Crippen LogP contribution in [0.15, 0.2) is 48.8 Å². The number of fused-ring (bicyclic) bond motifs is 3. The summed E-state index contributed by atoms with van der Waals surface area (Å²) in [5.41, 5.74) is 3.30. The van der Waals surface area contributed by atoms with Gasteiger partial charge in [0.15, 0.2) is 5.01 Å². The Bertz CT molecular complexity index is 1300. The minimum atomic E-state index is -0.835. The number of hydrogen-bond acceptors (Lipinski definition) is 4. The molecule has 0 fully saturated rings. The average molecular weight is 457 g/mol. The fraction of sp³-hybridized carbons (Fsp3) is 0.136. The zero-order chi connectivity index (χ0) is 21.5. The number of hydrogen-bond donors (Lipinski definition) is 1. The van der Waals surface area contributed by atoms with E-state index >= 15 is 0 Å². The molecule has 1 aliphatic rings. The van der Waals surface area contributed by atoms with Crippen LogP contribution in [0.4, 0.5) is 14.5 Å². The first-order valence-electron chi connectivity index (χ1n) is 9.59. The molecule has 0 radical (unpaired) electrons. The molecule has 156 valence electrons. The summed E-state index contributed by atoms with van der Waals surface area (Å²) in [5.74, 6) is -2.31. The molecule has 0 saturated heterocycles. The Hall–Kier alpha value is -3.10. The maximum absolute atomic E-state index is 13.9. The summed E-state index contributed by atoms with van der Waals surface area (Å²) in [6, 6.07) is 9.46. The van der Waals surface area contributed by atoms with Gasteiger partial charge in [0.1, 0.15) is 17.3 Å². The molecule has 0 aliphatic heterocycles. The normalized spacial score (nSPS) is 12.7. The minimum Gasteiger partial charge on any atom is -0.315 e. The van der Waals surface area contributed by atoms with Crippen LogP contribution in [0.1, 0.15) is 27.5 Å². The van der Waals surface area contributed by atoms with E-state index in [2.05, 4.69) is 15.3 Å². The number of rotatable bonds is 3. The Morgan fingerprint density at radius 3 is 2.71 bits per heavy atom. The molecule has 0 spiro atoms. The van der Waals surface area contributed by atoms with Gasteiger partial charge in [-0.25, -0.2) is 18.7 Å². The fourth-order valence-corrected chi connectivity index (χ4v) is 4.95. The number of nitrogens with zero attached hydrogens (tertiary/aromatic N) is 3. The second kappa shape index (κ2) is 7.86. The highest BCUT2D eigenvalue weighted by Crippen LogP contribution is 2.38. The summed E-state index contributed by atoms with van der Waals surface area (Å²) in [5, 5.41) is 2.82. The zero-order valence-corrected chi connectivity index (χ0v) is 17.6. The maximum Gasteiger partial charge on any atom is 0.284 e. The van der Waals surface area contributed by atoms with Crippen LogP contribution in [0, 0.1) is 11.6 Å². The second-order valence-electron chi connectivity index (χ2n) is 7.11. The Morgan fingerprint density at radius 1 is 1.16 bits per heavy atom. The van der Waals surface area contributed by atoms with Gasteiger partial charge in [-0.3, -0.25) is 9.36 Å². The molecule has 5 nitrogen and oxygen atoms in total. The first kappa shape index (κ1) is 19.8. The number of para-hydroxylation sites is 1. The molecular weight excluding hydrogens is 442 g/mol. The molecule has 2 aromatic heterocycles. The number of carbonyl (C=O) groups excluding carboxylic acids is 1. The Labute approximate surface area is 185 Å². The largest absolute Gasteiger partial charge is 0.315 e. The van der Waals surface area contributed by atoms with Crippen LogP contribution in [-0.4, -0.2) is 20.4 Å². The highest BCUT2D eigenvalue weighted by molar-refractivity contribution is 7.17. The van der Waals surface area contributed by atoms with E-state index in [4.69, 9.17) is 11.6 Å². The van der Waals surface area contributed by atoms with Gasteiger partial charge in [-0.1, -0.05) is 12.1 Å². The second-order valence-corrected chi connectivity index (χ2v) is 8.44. The van der Waals surface area contributed by atoms with E-state index in [-0.39, 0.29) is 5.01 Å². The van der Waals surface area contributed by atoms with Crippen molar-refractivity contribution in [2.75, 3.05) is 5.32 Å². The van der Waals surface area contributed by atoms with Crippen LogP contribution in [0.3, 0.4) is 0 Å². The molecule has 2 aromatic carbocycles. The number of benzene rings is 2. The molecule has 0 atom stereocenters. The van der Waals surface area contributed by atoms with Gasteiger partial charge < -0.3 is 5.32 Å². The molecule has 9 heteroatoms. The lowest BCUT2D eigenvalue weighted by Gasteiger charge is -2.10. The summed E-state index contributed by atoms with van der Waals surface area (Å²) in [7, 11) is 0. The third-order valence-corrected chi connectivity index (χ3v) is 6.57. The van der Waals surface area contributed by atoms with E-state index < -0.39 is 23.2 Å². The van der Waals surface area contributed by atoms with Crippen LogP contribution in [-0.2, 0) is 12.8 Å². The number of nitrogens with one attached hydrogen (secondary N) is 1. The number of anilines is 1. The summed E-state index contributed by atoms with van der Waals surface area (Å²) >= 11 is 7.38. The third kappa shape index (κ3) is 3.62.